The molecule has 0 aliphatic rings. The van der Waals surface area contributed by atoms with Crippen molar-refractivity contribution < 1.29 is 13.9 Å². The monoisotopic (exact) mass is 249 g/mol. The van der Waals surface area contributed by atoms with Crippen LogP contribution >= 0.6 is 0 Å². The first-order valence-electron chi connectivity index (χ1n) is 5.30. The Morgan fingerprint density at radius 1 is 1.50 bits per heavy atom. The van der Waals surface area contributed by atoms with Crippen LogP contribution in [0.3, 0.4) is 0 Å². The number of carbonyl (C=O) groups excluding carboxylic acids is 1. The second-order valence-electron chi connectivity index (χ2n) is 3.66. The van der Waals surface area contributed by atoms with E-state index >= 15 is 0 Å². The number of methoxy groups -OCH3 is 1. The van der Waals surface area contributed by atoms with Gasteiger partial charge in [-0.3, -0.25) is 9.89 Å². The average Bonchev–Trinajstić information content (AvgIpc) is 2.82. The number of amides is 1. The number of hydrogen-bond donors (Lipinski definition) is 2. The highest BCUT2D eigenvalue weighted by atomic mass is 19.1. The first kappa shape index (κ1) is 12.1. The second kappa shape index (κ2) is 5.31. The van der Waals surface area contributed by atoms with E-state index in [0.717, 1.165) is 0 Å². The molecule has 0 saturated carbocycles. The molecule has 6 heteroatoms. The van der Waals surface area contributed by atoms with Crippen LogP contribution in [0.2, 0.25) is 0 Å². The summed E-state index contributed by atoms with van der Waals surface area (Å²) in [4.78, 5) is 11.6. The van der Waals surface area contributed by atoms with E-state index in [1.807, 2.05) is 0 Å². The van der Waals surface area contributed by atoms with Gasteiger partial charge in [0.05, 0.1) is 19.7 Å². The van der Waals surface area contributed by atoms with Gasteiger partial charge in [-0.05, 0) is 17.7 Å². The van der Waals surface area contributed by atoms with E-state index in [4.69, 9.17) is 4.74 Å². The second-order valence-corrected chi connectivity index (χ2v) is 3.66. The van der Waals surface area contributed by atoms with Crippen LogP contribution < -0.4 is 10.1 Å². The molecule has 18 heavy (non-hydrogen) atoms. The fourth-order valence-corrected chi connectivity index (χ4v) is 1.53. The number of halogens is 1. The fraction of sp³-hybridized carbons (Fsp3) is 0.167. The third kappa shape index (κ3) is 2.85. The third-order valence-corrected chi connectivity index (χ3v) is 2.36. The van der Waals surface area contributed by atoms with E-state index in [1.165, 1.54) is 25.4 Å². The molecular formula is C12H12FN3O2. The number of nitrogens with zero attached hydrogens (tertiary/aromatic N) is 1. The van der Waals surface area contributed by atoms with Crippen molar-refractivity contribution in [2.75, 3.05) is 12.4 Å². The minimum atomic E-state index is -0.482. The Morgan fingerprint density at radius 2 is 2.33 bits per heavy atom. The van der Waals surface area contributed by atoms with Crippen molar-refractivity contribution in [3.63, 3.8) is 0 Å². The molecule has 0 spiro atoms. The van der Waals surface area contributed by atoms with Crippen LogP contribution in [0.25, 0.3) is 0 Å². The molecule has 2 aromatic rings. The van der Waals surface area contributed by atoms with Crippen molar-refractivity contribution in [1.29, 1.82) is 0 Å². The molecule has 0 saturated heterocycles. The SMILES string of the molecule is COc1ccc(CC(=O)Nc2ccn[nH]2)cc1F. The van der Waals surface area contributed by atoms with Gasteiger partial charge in [0.1, 0.15) is 5.82 Å². The van der Waals surface area contributed by atoms with Gasteiger partial charge in [-0.1, -0.05) is 6.07 Å². The molecule has 5 nitrogen and oxygen atoms in total. The van der Waals surface area contributed by atoms with Crippen LogP contribution in [0.15, 0.2) is 30.5 Å². The number of rotatable bonds is 4. The highest BCUT2D eigenvalue weighted by Crippen LogP contribution is 2.18. The molecular weight excluding hydrogens is 237 g/mol. The molecule has 0 fully saturated rings. The molecule has 0 bridgehead atoms. The maximum atomic E-state index is 13.4. The largest absolute Gasteiger partial charge is 0.494 e. The summed E-state index contributed by atoms with van der Waals surface area (Å²) in [5.74, 6) is -0.0603. The standard InChI is InChI=1S/C12H12FN3O2/c1-18-10-3-2-8(6-9(10)13)7-12(17)15-11-4-5-14-16-11/h2-6H,7H2,1H3,(H2,14,15,16,17). The van der Waals surface area contributed by atoms with Crippen molar-refractivity contribution in [1.82, 2.24) is 10.2 Å². The lowest BCUT2D eigenvalue weighted by atomic mass is 10.1. The highest BCUT2D eigenvalue weighted by molar-refractivity contribution is 5.91. The molecule has 1 aromatic carbocycles. The molecule has 0 radical (unpaired) electrons. The molecule has 2 N–H and O–H groups in total. The number of benzene rings is 1. The van der Waals surface area contributed by atoms with Crippen LogP contribution in [0.1, 0.15) is 5.56 Å². The quantitative estimate of drug-likeness (QED) is 0.867. The lowest BCUT2D eigenvalue weighted by Gasteiger charge is -2.05. The number of H-pyrrole nitrogens is 1. The number of carbonyl (C=O) groups is 1. The normalized spacial score (nSPS) is 10.1. The Morgan fingerprint density at radius 3 is 2.94 bits per heavy atom. The number of aromatic amines is 1. The summed E-state index contributed by atoms with van der Waals surface area (Å²) in [6, 6.07) is 6.06. The fourth-order valence-electron chi connectivity index (χ4n) is 1.53. The van der Waals surface area contributed by atoms with E-state index < -0.39 is 5.82 Å². The zero-order valence-electron chi connectivity index (χ0n) is 9.74. The third-order valence-electron chi connectivity index (χ3n) is 2.36. The smallest absolute Gasteiger partial charge is 0.229 e. The topological polar surface area (TPSA) is 67.0 Å². The van der Waals surface area contributed by atoms with Crippen molar-refractivity contribution in [3.8, 4) is 5.75 Å². The summed E-state index contributed by atoms with van der Waals surface area (Å²) in [7, 11) is 1.39. The van der Waals surface area contributed by atoms with E-state index in [9.17, 15) is 9.18 Å². The van der Waals surface area contributed by atoms with Crippen LogP contribution in [0.4, 0.5) is 10.2 Å². The van der Waals surface area contributed by atoms with Gasteiger partial charge in [0, 0.05) is 6.07 Å². The van der Waals surface area contributed by atoms with Crippen LogP contribution in [-0.4, -0.2) is 23.2 Å². The molecule has 0 atom stereocenters. The van der Waals surface area contributed by atoms with Gasteiger partial charge < -0.3 is 10.1 Å². The van der Waals surface area contributed by atoms with E-state index in [0.29, 0.717) is 11.4 Å². The Labute approximate surface area is 103 Å². The Balaban J connectivity index is 2.01. The predicted molar refractivity (Wildman–Crippen MR) is 63.9 cm³/mol. The molecule has 1 heterocycles. The molecule has 2 rings (SSSR count). The number of anilines is 1. The van der Waals surface area contributed by atoms with E-state index in [-0.39, 0.29) is 18.1 Å². The molecule has 1 amide bonds. The minimum absolute atomic E-state index is 0.0833. The molecule has 0 aliphatic heterocycles. The maximum absolute atomic E-state index is 13.4. The summed E-state index contributed by atoms with van der Waals surface area (Å²) in [5, 5.41) is 8.92. The average molecular weight is 249 g/mol. The van der Waals surface area contributed by atoms with Gasteiger partial charge in [-0.15, -0.1) is 0 Å². The van der Waals surface area contributed by atoms with E-state index in [1.54, 1.807) is 12.1 Å². The number of hydrogen-bond acceptors (Lipinski definition) is 3. The number of aromatic nitrogens is 2. The van der Waals surface area contributed by atoms with Crippen molar-refractivity contribution in [2.24, 2.45) is 0 Å². The van der Waals surface area contributed by atoms with Crippen molar-refractivity contribution in [2.45, 2.75) is 6.42 Å². The van der Waals surface area contributed by atoms with Crippen molar-refractivity contribution in [3.05, 3.63) is 41.8 Å². The zero-order chi connectivity index (χ0) is 13.0. The van der Waals surface area contributed by atoms with Gasteiger partial charge in [0.25, 0.3) is 0 Å². The molecule has 1 aromatic heterocycles. The summed E-state index contributed by atoms with van der Waals surface area (Å²) in [6.07, 6.45) is 1.61. The first-order valence-corrected chi connectivity index (χ1v) is 5.30. The van der Waals surface area contributed by atoms with Gasteiger partial charge in [0.2, 0.25) is 5.91 Å². The summed E-state index contributed by atoms with van der Waals surface area (Å²) >= 11 is 0. The van der Waals surface area contributed by atoms with E-state index in [2.05, 4.69) is 15.5 Å². The number of nitrogens with one attached hydrogen (secondary N) is 2. The van der Waals surface area contributed by atoms with Crippen LogP contribution in [0.5, 0.6) is 5.75 Å². The van der Waals surface area contributed by atoms with Gasteiger partial charge in [0.15, 0.2) is 11.6 Å². The van der Waals surface area contributed by atoms with Gasteiger partial charge >= 0.3 is 0 Å². The highest BCUT2D eigenvalue weighted by Gasteiger charge is 2.08. The first-order chi connectivity index (χ1) is 8.69. The zero-order valence-corrected chi connectivity index (χ0v) is 9.74. The van der Waals surface area contributed by atoms with Gasteiger partial charge in [-0.25, -0.2) is 4.39 Å². The lowest BCUT2D eigenvalue weighted by Crippen LogP contribution is -2.14. The summed E-state index contributed by atoms with van der Waals surface area (Å²) < 4.78 is 18.2. The van der Waals surface area contributed by atoms with Crippen LogP contribution in [0, 0.1) is 5.82 Å². The van der Waals surface area contributed by atoms with Crippen LogP contribution in [-0.2, 0) is 11.2 Å². The summed E-state index contributed by atoms with van der Waals surface area (Å²) in [6.45, 7) is 0. The Kier molecular flexibility index (Phi) is 3.57. The van der Waals surface area contributed by atoms with Gasteiger partial charge in [-0.2, -0.15) is 5.10 Å². The molecule has 0 aliphatic carbocycles. The minimum Gasteiger partial charge on any atom is -0.494 e. The lowest BCUT2D eigenvalue weighted by molar-refractivity contribution is -0.115. The Hall–Kier alpha value is -2.37. The Bertz CT molecular complexity index is 540. The number of ether oxygens (including phenoxy) is 1. The molecule has 0 unspecified atom stereocenters. The maximum Gasteiger partial charge on any atom is 0.229 e. The molecule has 94 valence electrons. The van der Waals surface area contributed by atoms with Crippen molar-refractivity contribution >= 4 is 11.7 Å². The predicted octanol–water partition coefficient (Wildman–Crippen LogP) is 1.74. The summed E-state index contributed by atoms with van der Waals surface area (Å²) in [5.41, 5.74) is 0.574.